The number of rotatable bonds is 1. The minimum atomic E-state index is -0.512. The summed E-state index contributed by atoms with van der Waals surface area (Å²) in [4.78, 5) is 27.4. The molecule has 2 amide bonds. The number of piperazine rings is 1. The summed E-state index contributed by atoms with van der Waals surface area (Å²) in [5.74, 6) is 0.0395. The van der Waals surface area contributed by atoms with Gasteiger partial charge in [-0.2, -0.15) is 0 Å². The van der Waals surface area contributed by atoms with Crippen molar-refractivity contribution in [2.75, 3.05) is 26.2 Å². The van der Waals surface area contributed by atoms with Crippen molar-refractivity contribution in [1.82, 2.24) is 15.0 Å². The standard InChI is InChI=1S/C14H21N3O4/c1-10-9-11(21-15-10)12(18)16-5-7-17(8-6-16)13(19)20-14(2,3)4/h9H,5-8H2,1-4H3. The van der Waals surface area contributed by atoms with E-state index in [0.717, 1.165) is 0 Å². The topological polar surface area (TPSA) is 75.9 Å². The Hall–Kier alpha value is -2.05. The Bertz CT molecular complexity index is 525. The molecule has 1 aromatic heterocycles. The SMILES string of the molecule is Cc1cc(C(=O)N2CCN(C(=O)OC(C)(C)C)CC2)on1. The Morgan fingerprint density at radius 1 is 1.19 bits per heavy atom. The van der Waals surface area contributed by atoms with Crippen molar-refractivity contribution in [3.05, 3.63) is 17.5 Å². The zero-order valence-corrected chi connectivity index (χ0v) is 12.9. The first-order valence-corrected chi connectivity index (χ1v) is 6.97. The van der Waals surface area contributed by atoms with Gasteiger partial charge in [-0.15, -0.1) is 0 Å². The minimum absolute atomic E-state index is 0.195. The summed E-state index contributed by atoms with van der Waals surface area (Å²) in [5.41, 5.74) is 0.159. The lowest BCUT2D eigenvalue weighted by Gasteiger charge is -2.35. The van der Waals surface area contributed by atoms with Gasteiger partial charge < -0.3 is 19.1 Å². The van der Waals surface area contributed by atoms with E-state index in [-0.39, 0.29) is 17.8 Å². The van der Waals surface area contributed by atoms with E-state index in [1.54, 1.807) is 22.8 Å². The fourth-order valence-electron chi connectivity index (χ4n) is 2.04. The number of hydrogen-bond acceptors (Lipinski definition) is 5. The van der Waals surface area contributed by atoms with Gasteiger partial charge in [-0.25, -0.2) is 4.79 Å². The molecule has 7 heteroatoms. The number of ether oxygens (including phenoxy) is 1. The number of carbonyl (C=O) groups is 2. The highest BCUT2D eigenvalue weighted by molar-refractivity contribution is 5.91. The van der Waals surface area contributed by atoms with E-state index in [1.165, 1.54) is 0 Å². The summed E-state index contributed by atoms with van der Waals surface area (Å²) in [6.45, 7) is 9.07. The van der Waals surface area contributed by atoms with Crippen molar-refractivity contribution < 1.29 is 18.8 Å². The van der Waals surface area contributed by atoms with E-state index in [0.29, 0.717) is 31.9 Å². The molecule has 1 aliphatic rings. The lowest BCUT2D eigenvalue weighted by Crippen LogP contribution is -2.51. The molecule has 21 heavy (non-hydrogen) atoms. The fourth-order valence-corrected chi connectivity index (χ4v) is 2.04. The van der Waals surface area contributed by atoms with E-state index in [1.807, 2.05) is 20.8 Å². The fraction of sp³-hybridized carbons (Fsp3) is 0.643. The van der Waals surface area contributed by atoms with Crippen molar-refractivity contribution >= 4 is 12.0 Å². The highest BCUT2D eigenvalue weighted by Gasteiger charge is 2.29. The normalized spacial score (nSPS) is 16.0. The van der Waals surface area contributed by atoms with Crippen LogP contribution >= 0.6 is 0 Å². The van der Waals surface area contributed by atoms with Crippen LogP contribution in [0.4, 0.5) is 4.79 Å². The van der Waals surface area contributed by atoms with Crippen LogP contribution in [0, 0.1) is 6.92 Å². The molecule has 0 bridgehead atoms. The van der Waals surface area contributed by atoms with Gasteiger partial charge in [-0.05, 0) is 27.7 Å². The average Bonchev–Trinajstić information content (AvgIpc) is 2.83. The van der Waals surface area contributed by atoms with E-state index in [9.17, 15) is 9.59 Å². The van der Waals surface area contributed by atoms with Gasteiger partial charge in [0.05, 0.1) is 5.69 Å². The Morgan fingerprint density at radius 3 is 2.24 bits per heavy atom. The molecule has 7 nitrogen and oxygen atoms in total. The summed E-state index contributed by atoms with van der Waals surface area (Å²) in [7, 11) is 0. The van der Waals surface area contributed by atoms with Gasteiger partial charge in [0, 0.05) is 32.2 Å². The molecule has 1 fully saturated rings. The molecule has 0 aliphatic carbocycles. The van der Waals surface area contributed by atoms with Crippen LogP contribution < -0.4 is 0 Å². The Labute approximate surface area is 123 Å². The van der Waals surface area contributed by atoms with E-state index >= 15 is 0 Å². The van der Waals surface area contributed by atoms with Crippen molar-refractivity contribution in [1.29, 1.82) is 0 Å². The minimum Gasteiger partial charge on any atom is -0.444 e. The maximum absolute atomic E-state index is 12.2. The van der Waals surface area contributed by atoms with Gasteiger partial charge in [0.1, 0.15) is 5.60 Å². The first-order valence-electron chi connectivity index (χ1n) is 6.97. The molecule has 116 valence electrons. The van der Waals surface area contributed by atoms with Gasteiger partial charge in [0.2, 0.25) is 5.76 Å². The lowest BCUT2D eigenvalue weighted by molar-refractivity contribution is 0.0136. The average molecular weight is 295 g/mol. The molecule has 0 saturated carbocycles. The molecule has 2 rings (SSSR count). The van der Waals surface area contributed by atoms with Crippen LogP contribution in [0.15, 0.2) is 10.6 Å². The third kappa shape index (κ3) is 3.96. The molecule has 0 spiro atoms. The zero-order chi connectivity index (χ0) is 15.6. The maximum Gasteiger partial charge on any atom is 0.410 e. The molecule has 1 saturated heterocycles. The first-order chi connectivity index (χ1) is 9.76. The third-order valence-corrected chi connectivity index (χ3v) is 3.06. The molecular formula is C14H21N3O4. The van der Waals surface area contributed by atoms with Crippen molar-refractivity contribution in [2.45, 2.75) is 33.3 Å². The third-order valence-electron chi connectivity index (χ3n) is 3.06. The largest absolute Gasteiger partial charge is 0.444 e. The Balaban J connectivity index is 1.88. The van der Waals surface area contributed by atoms with Crippen LogP contribution in [0.3, 0.4) is 0 Å². The molecule has 1 aliphatic heterocycles. The number of aromatic nitrogens is 1. The number of carbonyl (C=O) groups excluding carboxylic acids is 2. The molecule has 2 heterocycles. The highest BCUT2D eigenvalue weighted by Crippen LogP contribution is 2.13. The van der Waals surface area contributed by atoms with Crippen molar-refractivity contribution in [2.24, 2.45) is 0 Å². The van der Waals surface area contributed by atoms with Crippen LogP contribution in [0.1, 0.15) is 37.0 Å². The Kier molecular flexibility index (Phi) is 4.20. The van der Waals surface area contributed by atoms with E-state index in [4.69, 9.17) is 9.26 Å². The smallest absolute Gasteiger partial charge is 0.410 e. The second-order valence-corrected chi connectivity index (χ2v) is 6.09. The highest BCUT2D eigenvalue weighted by atomic mass is 16.6. The summed E-state index contributed by atoms with van der Waals surface area (Å²) in [6, 6.07) is 1.61. The summed E-state index contributed by atoms with van der Waals surface area (Å²) in [5, 5.41) is 3.71. The second kappa shape index (κ2) is 5.75. The number of nitrogens with zero attached hydrogens (tertiary/aromatic N) is 3. The van der Waals surface area contributed by atoms with E-state index < -0.39 is 5.60 Å². The summed E-state index contributed by atoms with van der Waals surface area (Å²) >= 11 is 0. The van der Waals surface area contributed by atoms with Gasteiger partial charge in [-0.3, -0.25) is 4.79 Å². The predicted octanol–water partition coefficient (Wildman–Crippen LogP) is 1.68. The van der Waals surface area contributed by atoms with Crippen LogP contribution in [0.5, 0.6) is 0 Å². The molecule has 0 radical (unpaired) electrons. The van der Waals surface area contributed by atoms with Gasteiger partial charge >= 0.3 is 6.09 Å². The van der Waals surface area contributed by atoms with Crippen LogP contribution in [0.2, 0.25) is 0 Å². The summed E-state index contributed by atoms with van der Waals surface area (Å²) < 4.78 is 10.3. The van der Waals surface area contributed by atoms with Crippen LogP contribution in [-0.4, -0.2) is 58.7 Å². The van der Waals surface area contributed by atoms with Crippen LogP contribution in [0.25, 0.3) is 0 Å². The molecule has 1 aromatic rings. The van der Waals surface area contributed by atoms with Gasteiger partial charge in [0.25, 0.3) is 5.91 Å². The molecule has 0 N–H and O–H groups in total. The number of hydrogen-bond donors (Lipinski definition) is 0. The first kappa shape index (κ1) is 15.3. The van der Waals surface area contributed by atoms with E-state index in [2.05, 4.69) is 5.16 Å². The Morgan fingerprint density at radius 2 is 1.76 bits per heavy atom. The number of aryl methyl sites for hydroxylation is 1. The van der Waals surface area contributed by atoms with Crippen molar-refractivity contribution in [3.8, 4) is 0 Å². The monoisotopic (exact) mass is 295 g/mol. The van der Waals surface area contributed by atoms with Crippen molar-refractivity contribution in [3.63, 3.8) is 0 Å². The van der Waals surface area contributed by atoms with Gasteiger partial charge in [0.15, 0.2) is 0 Å². The molecular weight excluding hydrogens is 274 g/mol. The van der Waals surface area contributed by atoms with Crippen LogP contribution in [-0.2, 0) is 4.74 Å². The predicted molar refractivity (Wildman–Crippen MR) is 75.0 cm³/mol. The van der Waals surface area contributed by atoms with Gasteiger partial charge in [-0.1, -0.05) is 5.16 Å². The molecule has 0 aromatic carbocycles. The lowest BCUT2D eigenvalue weighted by atomic mass is 10.2. The quantitative estimate of drug-likeness (QED) is 0.788. The summed E-state index contributed by atoms with van der Waals surface area (Å²) in [6.07, 6.45) is -0.342. The maximum atomic E-state index is 12.2. The number of amides is 2. The molecule has 0 unspecified atom stereocenters. The second-order valence-electron chi connectivity index (χ2n) is 6.09. The zero-order valence-electron chi connectivity index (χ0n) is 12.9. The molecule has 0 atom stereocenters.